The van der Waals surface area contributed by atoms with Crippen molar-refractivity contribution in [2.75, 3.05) is 11.9 Å². The molecule has 164 valence electrons. The molecule has 1 aromatic carbocycles. The van der Waals surface area contributed by atoms with Crippen LogP contribution in [0.3, 0.4) is 0 Å². The Morgan fingerprint density at radius 1 is 1.12 bits per heavy atom. The zero-order valence-electron chi connectivity index (χ0n) is 17.5. The zero-order chi connectivity index (χ0) is 22.8. The predicted octanol–water partition coefficient (Wildman–Crippen LogP) is 3.04. The van der Waals surface area contributed by atoms with Crippen LogP contribution in [-0.2, 0) is 16.3 Å². The van der Waals surface area contributed by atoms with Crippen LogP contribution in [0.15, 0.2) is 77.3 Å². The van der Waals surface area contributed by atoms with Crippen LogP contribution in [0.4, 0.5) is 5.82 Å². The van der Waals surface area contributed by atoms with Crippen molar-refractivity contribution in [2.24, 2.45) is 0 Å². The van der Waals surface area contributed by atoms with E-state index in [1.54, 1.807) is 53.5 Å². The summed E-state index contributed by atoms with van der Waals surface area (Å²) in [7, 11) is -3.74. The topological polar surface area (TPSA) is 126 Å². The first kappa shape index (κ1) is 20.8. The van der Waals surface area contributed by atoms with Gasteiger partial charge in [0.2, 0.25) is 9.84 Å². The number of hydrogen-bond donors (Lipinski definition) is 1. The zero-order valence-corrected chi connectivity index (χ0v) is 18.3. The standard InChI is InChI=1S/C23H19N7O2S/c24-8-6-21(16-10-19(13-25-11-16)33(31,32)18-4-2-1-3-5-18)30-14-17(12-29-30)22-20-7-9-26-23(20)28-15-27-22/h1-5,10-15,21H,6-7,9H2,(H,26,27,28). The van der Waals surface area contributed by atoms with Crippen LogP contribution >= 0.6 is 0 Å². The van der Waals surface area contributed by atoms with Crippen molar-refractivity contribution >= 4 is 15.7 Å². The number of rotatable bonds is 6. The Morgan fingerprint density at radius 2 is 1.97 bits per heavy atom. The summed E-state index contributed by atoms with van der Waals surface area (Å²) in [5.74, 6) is 0.823. The first-order valence-electron chi connectivity index (χ1n) is 10.3. The summed E-state index contributed by atoms with van der Waals surface area (Å²) < 4.78 is 27.8. The third-order valence-electron chi connectivity index (χ3n) is 5.57. The minimum atomic E-state index is -3.74. The Bertz CT molecular complexity index is 1460. The van der Waals surface area contributed by atoms with Gasteiger partial charge in [-0.1, -0.05) is 18.2 Å². The number of aromatic nitrogens is 5. The Balaban J connectivity index is 1.52. The molecule has 4 aromatic rings. The molecule has 0 fully saturated rings. The summed E-state index contributed by atoms with van der Waals surface area (Å²) in [6, 6.07) is 11.4. The van der Waals surface area contributed by atoms with Crippen LogP contribution in [0.1, 0.15) is 23.6 Å². The molecule has 4 heterocycles. The number of pyridine rings is 1. The number of nitrogens with one attached hydrogen (secondary N) is 1. The molecule has 9 nitrogen and oxygen atoms in total. The van der Waals surface area contributed by atoms with E-state index >= 15 is 0 Å². The van der Waals surface area contributed by atoms with Gasteiger partial charge in [0.05, 0.1) is 40.2 Å². The lowest BCUT2D eigenvalue weighted by Gasteiger charge is -2.15. The first-order chi connectivity index (χ1) is 16.1. The Morgan fingerprint density at radius 3 is 2.79 bits per heavy atom. The number of anilines is 1. The largest absolute Gasteiger partial charge is 0.369 e. The van der Waals surface area contributed by atoms with Crippen molar-refractivity contribution in [3.63, 3.8) is 0 Å². The summed E-state index contributed by atoms with van der Waals surface area (Å²) in [4.78, 5) is 13.1. The molecule has 1 aliphatic rings. The fourth-order valence-corrected chi connectivity index (χ4v) is 5.22. The van der Waals surface area contributed by atoms with Gasteiger partial charge in [-0.25, -0.2) is 18.4 Å². The number of nitriles is 1. The van der Waals surface area contributed by atoms with Gasteiger partial charge in [-0.2, -0.15) is 10.4 Å². The van der Waals surface area contributed by atoms with Crippen LogP contribution in [0.2, 0.25) is 0 Å². The van der Waals surface area contributed by atoms with Crippen LogP contribution in [0, 0.1) is 11.3 Å². The molecule has 1 unspecified atom stereocenters. The second kappa shape index (κ2) is 8.44. The smallest absolute Gasteiger partial charge is 0.208 e. The highest BCUT2D eigenvalue weighted by molar-refractivity contribution is 7.91. The lowest BCUT2D eigenvalue weighted by atomic mass is 10.1. The van der Waals surface area contributed by atoms with E-state index in [0.29, 0.717) is 5.56 Å². The molecule has 1 atom stereocenters. The minimum absolute atomic E-state index is 0.0706. The van der Waals surface area contributed by atoms with E-state index in [-0.39, 0.29) is 16.2 Å². The summed E-state index contributed by atoms with van der Waals surface area (Å²) in [5.41, 5.74) is 3.22. The molecule has 0 aliphatic carbocycles. The molecule has 10 heteroatoms. The van der Waals surface area contributed by atoms with Gasteiger partial charge < -0.3 is 5.32 Å². The molecule has 0 amide bonds. The Kier molecular flexibility index (Phi) is 5.32. The molecular formula is C23H19N7O2S. The van der Waals surface area contributed by atoms with Crippen LogP contribution in [0.25, 0.3) is 11.3 Å². The van der Waals surface area contributed by atoms with Crippen LogP contribution < -0.4 is 5.32 Å². The summed E-state index contributed by atoms with van der Waals surface area (Å²) in [5, 5.41) is 17.2. The van der Waals surface area contributed by atoms with Gasteiger partial charge in [-0.05, 0) is 30.2 Å². The number of hydrogen-bond acceptors (Lipinski definition) is 8. The molecule has 0 saturated heterocycles. The van der Waals surface area contributed by atoms with Gasteiger partial charge in [-0.3, -0.25) is 9.67 Å². The highest BCUT2D eigenvalue weighted by Crippen LogP contribution is 2.31. The SMILES string of the molecule is N#CCC(c1cncc(S(=O)(=O)c2ccccc2)c1)n1cc(-c2ncnc3c2CCN3)cn1. The molecular weight excluding hydrogens is 438 g/mol. The number of benzene rings is 1. The number of fused-ring (bicyclic) bond motifs is 1. The summed E-state index contributed by atoms with van der Waals surface area (Å²) in [6.07, 6.45) is 8.84. The molecule has 33 heavy (non-hydrogen) atoms. The van der Waals surface area contributed by atoms with E-state index in [1.807, 2.05) is 6.20 Å². The maximum Gasteiger partial charge on any atom is 0.208 e. The molecule has 0 bridgehead atoms. The van der Waals surface area contributed by atoms with Crippen molar-refractivity contribution < 1.29 is 8.42 Å². The molecule has 0 saturated carbocycles. The number of nitrogens with zero attached hydrogens (tertiary/aromatic N) is 6. The average Bonchev–Trinajstić information content (AvgIpc) is 3.53. The van der Waals surface area contributed by atoms with Crippen molar-refractivity contribution in [2.45, 2.75) is 28.7 Å². The van der Waals surface area contributed by atoms with Crippen molar-refractivity contribution in [1.82, 2.24) is 24.7 Å². The van der Waals surface area contributed by atoms with E-state index < -0.39 is 15.9 Å². The lowest BCUT2D eigenvalue weighted by Crippen LogP contribution is -2.12. The third kappa shape index (κ3) is 3.83. The molecule has 1 aliphatic heterocycles. The number of sulfone groups is 1. The molecule has 3 aromatic heterocycles. The van der Waals surface area contributed by atoms with E-state index in [2.05, 4.69) is 31.4 Å². The second-order valence-corrected chi connectivity index (χ2v) is 9.53. The maximum atomic E-state index is 13.1. The van der Waals surface area contributed by atoms with Crippen molar-refractivity contribution in [3.8, 4) is 17.3 Å². The maximum absolute atomic E-state index is 13.1. The van der Waals surface area contributed by atoms with Gasteiger partial charge in [-0.15, -0.1) is 0 Å². The van der Waals surface area contributed by atoms with Gasteiger partial charge in [0.25, 0.3) is 0 Å². The van der Waals surface area contributed by atoms with Crippen molar-refractivity contribution in [1.29, 1.82) is 5.26 Å². The normalized spacial score (nSPS) is 13.7. The van der Waals surface area contributed by atoms with Crippen molar-refractivity contribution in [3.05, 3.63) is 78.6 Å². The predicted molar refractivity (Wildman–Crippen MR) is 120 cm³/mol. The average molecular weight is 458 g/mol. The fraction of sp³-hybridized carbons (Fsp3) is 0.174. The third-order valence-corrected chi connectivity index (χ3v) is 7.31. The van der Waals surface area contributed by atoms with Gasteiger partial charge in [0, 0.05) is 36.3 Å². The Hall–Kier alpha value is -4.10. The van der Waals surface area contributed by atoms with Gasteiger partial charge in [0.1, 0.15) is 12.1 Å². The molecule has 1 N–H and O–H groups in total. The second-order valence-electron chi connectivity index (χ2n) is 7.58. The first-order valence-corrected chi connectivity index (χ1v) is 11.8. The lowest BCUT2D eigenvalue weighted by molar-refractivity contribution is 0.529. The molecule has 5 rings (SSSR count). The van der Waals surface area contributed by atoms with Gasteiger partial charge >= 0.3 is 0 Å². The molecule has 0 spiro atoms. The Labute approximate surface area is 190 Å². The van der Waals surface area contributed by atoms with Crippen LogP contribution in [0.5, 0.6) is 0 Å². The van der Waals surface area contributed by atoms with Gasteiger partial charge in [0.15, 0.2) is 0 Å². The van der Waals surface area contributed by atoms with E-state index in [4.69, 9.17) is 0 Å². The summed E-state index contributed by atoms with van der Waals surface area (Å²) >= 11 is 0. The summed E-state index contributed by atoms with van der Waals surface area (Å²) in [6.45, 7) is 0.806. The van der Waals surface area contributed by atoms with E-state index in [1.165, 1.54) is 12.5 Å². The fourth-order valence-electron chi connectivity index (χ4n) is 3.94. The van der Waals surface area contributed by atoms with E-state index in [9.17, 15) is 13.7 Å². The van der Waals surface area contributed by atoms with E-state index in [0.717, 1.165) is 35.6 Å². The van der Waals surface area contributed by atoms with Crippen LogP contribution in [-0.4, -0.2) is 39.7 Å². The molecule has 0 radical (unpaired) electrons. The highest BCUT2D eigenvalue weighted by atomic mass is 32.2. The highest BCUT2D eigenvalue weighted by Gasteiger charge is 2.23. The quantitative estimate of drug-likeness (QED) is 0.468. The monoisotopic (exact) mass is 457 g/mol. The minimum Gasteiger partial charge on any atom is -0.369 e.